The second-order valence-electron chi connectivity index (χ2n) is 5.97. The summed E-state index contributed by atoms with van der Waals surface area (Å²) in [7, 11) is 0. The molecule has 0 unspecified atom stereocenters. The second kappa shape index (κ2) is 7.10. The Hall–Kier alpha value is -1.92. The Kier molecular flexibility index (Phi) is 4.93. The Labute approximate surface area is 136 Å². The number of aryl methyl sites for hydroxylation is 1. The molecule has 3 rings (SSSR count). The van der Waals surface area contributed by atoms with E-state index in [1.165, 1.54) is 0 Å². The van der Waals surface area contributed by atoms with Crippen LogP contribution in [0.25, 0.3) is 10.9 Å². The van der Waals surface area contributed by atoms with Crippen LogP contribution in [-0.4, -0.2) is 60.0 Å². The second-order valence-corrected chi connectivity index (χ2v) is 5.97. The van der Waals surface area contributed by atoms with Gasteiger partial charge in [-0.15, -0.1) is 0 Å². The third-order valence-electron chi connectivity index (χ3n) is 4.38. The first-order chi connectivity index (χ1) is 11.2. The summed E-state index contributed by atoms with van der Waals surface area (Å²) in [6.45, 7) is 8.82. The van der Waals surface area contributed by atoms with Crippen molar-refractivity contribution in [1.82, 2.24) is 20.0 Å². The summed E-state index contributed by atoms with van der Waals surface area (Å²) in [6.07, 6.45) is 0. The van der Waals surface area contributed by atoms with Gasteiger partial charge in [-0.1, -0.05) is 18.2 Å². The van der Waals surface area contributed by atoms with Crippen molar-refractivity contribution in [2.24, 2.45) is 0 Å². The maximum absolute atomic E-state index is 12.4. The Bertz CT molecular complexity index is 676. The molecule has 124 valence electrons. The minimum absolute atomic E-state index is 0.00603. The van der Waals surface area contributed by atoms with Gasteiger partial charge in [0.1, 0.15) is 6.04 Å². The lowest BCUT2D eigenvalue weighted by Crippen LogP contribution is -2.42. The summed E-state index contributed by atoms with van der Waals surface area (Å²) in [4.78, 5) is 14.7. The lowest BCUT2D eigenvalue weighted by molar-refractivity contribution is -0.124. The standard InChI is InChI=1S/C17H24N4O2/c1-13-15-5-3-4-6-16(15)21(19-13)14(2)17(22)18-7-8-20-9-11-23-12-10-20/h3-6,14H,7-12H2,1-2H3,(H,18,22)/t14-/m1/s1. The zero-order valence-corrected chi connectivity index (χ0v) is 13.8. The number of ether oxygens (including phenoxy) is 1. The lowest BCUT2D eigenvalue weighted by atomic mass is 10.2. The van der Waals surface area contributed by atoms with E-state index in [1.807, 2.05) is 42.8 Å². The number of para-hydroxylation sites is 1. The third-order valence-corrected chi connectivity index (χ3v) is 4.38. The van der Waals surface area contributed by atoms with Crippen molar-refractivity contribution in [2.75, 3.05) is 39.4 Å². The molecule has 1 atom stereocenters. The number of benzene rings is 1. The number of nitrogens with one attached hydrogen (secondary N) is 1. The molecular weight excluding hydrogens is 292 g/mol. The minimum atomic E-state index is -0.321. The first-order valence-electron chi connectivity index (χ1n) is 8.18. The molecule has 1 N–H and O–H groups in total. The van der Waals surface area contributed by atoms with Crippen molar-refractivity contribution in [2.45, 2.75) is 19.9 Å². The van der Waals surface area contributed by atoms with Crippen molar-refractivity contribution in [3.05, 3.63) is 30.0 Å². The Morgan fingerprint density at radius 2 is 2.09 bits per heavy atom. The molecule has 1 aromatic carbocycles. The maximum Gasteiger partial charge on any atom is 0.244 e. The van der Waals surface area contributed by atoms with E-state index in [2.05, 4.69) is 15.3 Å². The predicted molar refractivity (Wildman–Crippen MR) is 89.4 cm³/mol. The summed E-state index contributed by atoms with van der Waals surface area (Å²) in [6, 6.07) is 7.69. The molecule has 2 heterocycles. The van der Waals surface area contributed by atoms with Crippen molar-refractivity contribution in [3.63, 3.8) is 0 Å². The Morgan fingerprint density at radius 1 is 1.35 bits per heavy atom. The molecule has 0 aliphatic carbocycles. The molecule has 23 heavy (non-hydrogen) atoms. The van der Waals surface area contributed by atoms with Gasteiger partial charge in [0, 0.05) is 31.6 Å². The summed E-state index contributed by atoms with van der Waals surface area (Å²) in [5, 5.41) is 8.66. The van der Waals surface area contributed by atoms with Crippen molar-refractivity contribution >= 4 is 16.8 Å². The van der Waals surface area contributed by atoms with Gasteiger partial charge in [-0.3, -0.25) is 14.4 Å². The monoisotopic (exact) mass is 316 g/mol. The number of fused-ring (bicyclic) bond motifs is 1. The quantitative estimate of drug-likeness (QED) is 0.905. The van der Waals surface area contributed by atoms with E-state index >= 15 is 0 Å². The number of hydrogen-bond donors (Lipinski definition) is 1. The zero-order chi connectivity index (χ0) is 16.2. The van der Waals surface area contributed by atoms with Crippen LogP contribution in [0.15, 0.2) is 24.3 Å². The average molecular weight is 316 g/mol. The summed E-state index contributed by atoms with van der Waals surface area (Å²) >= 11 is 0. The van der Waals surface area contributed by atoms with E-state index in [0.717, 1.165) is 49.4 Å². The minimum Gasteiger partial charge on any atom is -0.379 e. The third kappa shape index (κ3) is 3.54. The topological polar surface area (TPSA) is 59.4 Å². The van der Waals surface area contributed by atoms with Gasteiger partial charge in [0.2, 0.25) is 5.91 Å². The van der Waals surface area contributed by atoms with Gasteiger partial charge in [0.25, 0.3) is 0 Å². The predicted octanol–water partition coefficient (Wildman–Crippen LogP) is 1.35. The highest BCUT2D eigenvalue weighted by Crippen LogP contribution is 2.21. The fourth-order valence-corrected chi connectivity index (χ4v) is 2.96. The number of hydrogen-bond acceptors (Lipinski definition) is 4. The molecule has 6 heteroatoms. The van der Waals surface area contributed by atoms with Gasteiger partial charge in [0.05, 0.1) is 24.4 Å². The zero-order valence-electron chi connectivity index (χ0n) is 13.8. The SMILES string of the molecule is Cc1nn([C@H](C)C(=O)NCCN2CCOCC2)c2ccccc12. The molecule has 1 amide bonds. The molecule has 6 nitrogen and oxygen atoms in total. The van der Waals surface area contributed by atoms with Gasteiger partial charge in [-0.2, -0.15) is 5.10 Å². The van der Waals surface area contributed by atoms with Gasteiger partial charge in [0.15, 0.2) is 0 Å². The van der Waals surface area contributed by atoms with Gasteiger partial charge in [-0.05, 0) is 19.9 Å². The largest absolute Gasteiger partial charge is 0.379 e. The number of morpholine rings is 1. The van der Waals surface area contributed by atoms with Gasteiger partial charge in [-0.25, -0.2) is 0 Å². The van der Waals surface area contributed by atoms with Crippen LogP contribution in [0.2, 0.25) is 0 Å². The van der Waals surface area contributed by atoms with E-state index in [0.29, 0.717) is 6.54 Å². The van der Waals surface area contributed by atoms with E-state index in [9.17, 15) is 4.79 Å². The number of amides is 1. The fraction of sp³-hybridized carbons (Fsp3) is 0.529. The highest BCUT2D eigenvalue weighted by molar-refractivity contribution is 5.86. The molecule has 0 radical (unpaired) electrons. The van der Waals surface area contributed by atoms with Crippen molar-refractivity contribution < 1.29 is 9.53 Å². The van der Waals surface area contributed by atoms with Crippen LogP contribution in [0, 0.1) is 6.92 Å². The number of carbonyl (C=O) groups is 1. The number of aromatic nitrogens is 2. The van der Waals surface area contributed by atoms with Crippen molar-refractivity contribution in [1.29, 1.82) is 0 Å². The lowest BCUT2D eigenvalue weighted by Gasteiger charge is -2.26. The van der Waals surface area contributed by atoms with Crippen LogP contribution in [0.3, 0.4) is 0 Å². The first-order valence-corrected chi connectivity index (χ1v) is 8.18. The number of nitrogens with zero attached hydrogens (tertiary/aromatic N) is 3. The molecule has 0 spiro atoms. The van der Waals surface area contributed by atoms with Gasteiger partial charge >= 0.3 is 0 Å². The van der Waals surface area contributed by atoms with Gasteiger partial charge < -0.3 is 10.1 Å². The fourth-order valence-electron chi connectivity index (χ4n) is 2.96. The highest BCUT2D eigenvalue weighted by atomic mass is 16.5. The van der Waals surface area contributed by atoms with Crippen LogP contribution in [0.1, 0.15) is 18.7 Å². The molecule has 1 aliphatic rings. The molecule has 2 aromatic rings. The summed E-state index contributed by atoms with van der Waals surface area (Å²) in [5.74, 6) is 0.00603. The summed E-state index contributed by atoms with van der Waals surface area (Å²) in [5.41, 5.74) is 1.95. The molecular formula is C17H24N4O2. The first kappa shape index (κ1) is 16.0. The van der Waals surface area contributed by atoms with Crippen LogP contribution in [0.5, 0.6) is 0 Å². The summed E-state index contributed by atoms with van der Waals surface area (Å²) < 4.78 is 7.14. The highest BCUT2D eigenvalue weighted by Gasteiger charge is 2.19. The number of carbonyl (C=O) groups excluding carboxylic acids is 1. The molecule has 1 aliphatic heterocycles. The van der Waals surface area contributed by atoms with E-state index in [1.54, 1.807) is 0 Å². The smallest absolute Gasteiger partial charge is 0.244 e. The maximum atomic E-state index is 12.4. The van der Waals surface area contributed by atoms with E-state index < -0.39 is 0 Å². The normalized spacial score (nSPS) is 17.3. The Morgan fingerprint density at radius 3 is 2.87 bits per heavy atom. The molecule has 1 aromatic heterocycles. The van der Waals surface area contributed by atoms with Crippen LogP contribution >= 0.6 is 0 Å². The molecule has 0 bridgehead atoms. The van der Waals surface area contributed by atoms with Crippen LogP contribution < -0.4 is 5.32 Å². The van der Waals surface area contributed by atoms with Crippen molar-refractivity contribution in [3.8, 4) is 0 Å². The Balaban J connectivity index is 1.60. The van der Waals surface area contributed by atoms with E-state index in [4.69, 9.17) is 4.74 Å². The van der Waals surface area contributed by atoms with Crippen LogP contribution in [0.4, 0.5) is 0 Å². The van der Waals surface area contributed by atoms with Crippen LogP contribution in [-0.2, 0) is 9.53 Å². The van der Waals surface area contributed by atoms with E-state index in [-0.39, 0.29) is 11.9 Å². The average Bonchev–Trinajstić information content (AvgIpc) is 2.92. The molecule has 1 fully saturated rings. The molecule has 1 saturated heterocycles. The molecule has 0 saturated carbocycles. The number of rotatable bonds is 5.